The molecule has 0 aliphatic rings. The molecule has 0 aliphatic heterocycles. The summed E-state index contributed by atoms with van der Waals surface area (Å²) in [5.74, 6) is 0.0537. The van der Waals surface area contributed by atoms with Crippen molar-refractivity contribution in [3.63, 3.8) is 0 Å². The molecule has 0 spiro atoms. The molecule has 92 valence electrons. The van der Waals surface area contributed by atoms with Crippen molar-refractivity contribution in [2.45, 2.75) is 0 Å². The molecule has 0 radical (unpaired) electrons. The van der Waals surface area contributed by atoms with Crippen LogP contribution in [0.4, 0.5) is 5.69 Å². The van der Waals surface area contributed by atoms with E-state index in [9.17, 15) is 0 Å². The van der Waals surface area contributed by atoms with Crippen LogP contribution in [0, 0.1) is 11.5 Å². The zero-order valence-corrected chi connectivity index (χ0v) is 9.92. The van der Waals surface area contributed by atoms with E-state index >= 15 is 0 Å². The summed E-state index contributed by atoms with van der Waals surface area (Å²) < 4.78 is 5.74. The predicted molar refractivity (Wildman–Crippen MR) is 73.8 cm³/mol. The number of aliphatic imine (C=N–C) groups is 1. The summed E-state index contributed by atoms with van der Waals surface area (Å²) in [7, 11) is 0. The highest BCUT2D eigenvalue weighted by Gasteiger charge is 2.06. The molecule has 5 nitrogen and oxygen atoms in total. The first-order valence-electron chi connectivity index (χ1n) is 5.68. The average Bonchev–Trinajstić information content (AvgIpc) is 2.76. The van der Waals surface area contributed by atoms with Crippen molar-refractivity contribution in [2.75, 3.05) is 0 Å². The third-order valence-corrected chi connectivity index (χ3v) is 2.80. The molecule has 1 heterocycles. The monoisotopic (exact) mass is 250 g/mol. The Hall–Kier alpha value is -3.00. The van der Waals surface area contributed by atoms with Crippen molar-refractivity contribution in [2.24, 2.45) is 10.7 Å². The second-order valence-electron chi connectivity index (χ2n) is 4.01. The Labute approximate surface area is 108 Å². The van der Waals surface area contributed by atoms with Crippen LogP contribution >= 0.6 is 0 Å². The minimum Gasteiger partial charge on any atom is -0.456 e. The van der Waals surface area contributed by atoms with Crippen molar-refractivity contribution in [3.8, 4) is 6.19 Å². The zero-order chi connectivity index (χ0) is 13.2. The Morgan fingerprint density at radius 3 is 2.79 bits per heavy atom. The van der Waals surface area contributed by atoms with Gasteiger partial charge in [-0.25, -0.2) is 4.99 Å². The standard InChI is InChI=1S/C14H10N4O/c15-8-17-14(16)18-9-5-6-11-10-3-1-2-4-12(10)19-13(11)7-9/h1-7H,(H3,16,17,18). The fourth-order valence-electron chi connectivity index (χ4n) is 2.01. The smallest absolute Gasteiger partial charge is 0.207 e. The topological polar surface area (TPSA) is 87.3 Å². The van der Waals surface area contributed by atoms with E-state index in [1.165, 1.54) is 0 Å². The van der Waals surface area contributed by atoms with Crippen molar-refractivity contribution >= 4 is 33.6 Å². The number of furan rings is 1. The number of rotatable bonds is 1. The van der Waals surface area contributed by atoms with Crippen LogP contribution in [0.25, 0.3) is 21.9 Å². The maximum Gasteiger partial charge on any atom is 0.207 e. The van der Waals surface area contributed by atoms with E-state index in [0.717, 1.165) is 21.9 Å². The van der Waals surface area contributed by atoms with Crippen LogP contribution < -0.4 is 11.1 Å². The van der Waals surface area contributed by atoms with Crippen LogP contribution in [0.1, 0.15) is 0 Å². The number of hydrogen-bond acceptors (Lipinski definition) is 3. The van der Waals surface area contributed by atoms with Crippen LogP contribution in [-0.4, -0.2) is 5.96 Å². The Morgan fingerprint density at radius 2 is 1.95 bits per heavy atom. The van der Waals surface area contributed by atoms with Gasteiger partial charge in [-0.05, 0) is 18.2 Å². The molecule has 2 aromatic carbocycles. The quantitative estimate of drug-likeness (QED) is 0.301. The lowest BCUT2D eigenvalue weighted by molar-refractivity contribution is 0.669. The van der Waals surface area contributed by atoms with E-state index in [1.807, 2.05) is 36.4 Å². The van der Waals surface area contributed by atoms with Gasteiger partial charge in [0.1, 0.15) is 11.2 Å². The van der Waals surface area contributed by atoms with Crippen molar-refractivity contribution in [1.82, 2.24) is 5.32 Å². The van der Waals surface area contributed by atoms with Crippen molar-refractivity contribution < 1.29 is 4.42 Å². The molecule has 0 atom stereocenters. The molecule has 5 heteroatoms. The Balaban J connectivity index is 2.14. The highest BCUT2D eigenvalue weighted by Crippen LogP contribution is 2.30. The number of nitriles is 1. The molecule has 3 aromatic rings. The first-order valence-corrected chi connectivity index (χ1v) is 5.68. The fourth-order valence-corrected chi connectivity index (χ4v) is 2.01. The van der Waals surface area contributed by atoms with Gasteiger partial charge in [0, 0.05) is 16.8 Å². The van der Waals surface area contributed by atoms with E-state index in [-0.39, 0.29) is 5.96 Å². The Kier molecular flexibility index (Phi) is 2.54. The molecule has 0 unspecified atom stereocenters. The minimum atomic E-state index is 0.0537. The number of benzene rings is 2. The lowest BCUT2D eigenvalue weighted by Crippen LogP contribution is -2.26. The molecule has 0 bridgehead atoms. The number of nitrogens with one attached hydrogen (secondary N) is 1. The molecular weight excluding hydrogens is 240 g/mol. The number of guanidine groups is 1. The van der Waals surface area contributed by atoms with Crippen LogP contribution in [0.3, 0.4) is 0 Å². The van der Waals surface area contributed by atoms with Crippen LogP contribution in [0.5, 0.6) is 0 Å². The van der Waals surface area contributed by atoms with Gasteiger partial charge < -0.3 is 10.2 Å². The maximum atomic E-state index is 8.44. The molecule has 0 amide bonds. The molecule has 0 fully saturated rings. The van der Waals surface area contributed by atoms with Crippen LogP contribution in [0.15, 0.2) is 51.9 Å². The molecular formula is C14H10N4O. The van der Waals surface area contributed by atoms with Gasteiger partial charge >= 0.3 is 0 Å². The number of nitrogens with two attached hydrogens (primary N) is 1. The summed E-state index contributed by atoms with van der Waals surface area (Å²) in [5.41, 5.74) is 7.73. The molecule has 3 rings (SSSR count). The van der Waals surface area contributed by atoms with Gasteiger partial charge in [0.25, 0.3) is 0 Å². The summed E-state index contributed by atoms with van der Waals surface area (Å²) in [5, 5.41) is 12.8. The van der Waals surface area contributed by atoms with Crippen molar-refractivity contribution in [1.29, 1.82) is 5.26 Å². The third-order valence-electron chi connectivity index (χ3n) is 2.80. The molecule has 1 aromatic heterocycles. The molecule has 0 aliphatic carbocycles. The fraction of sp³-hybridized carbons (Fsp3) is 0. The van der Waals surface area contributed by atoms with E-state index < -0.39 is 0 Å². The van der Waals surface area contributed by atoms with E-state index in [4.69, 9.17) is 15.4 Å². The van der Waals surface area contributed by atoms with E-state index in [0.29, 0.717) is 5.69 Å². The first kappa shape index (κ1) is 11.1. The maximum absolute atomic E-state index is 8.44. The van der Waals surface area contributed by atoms with Crippen molar-refractivity contribution in [3.05, 3.63) is 42.5 Å². The predicted octanol–water partition coefficient (Wildman–Crippen LogP) is 2.60. The van der Waals surface area contributed by atoms with Gasteiger partial charge in [0.2, 0.25) is 5.96 Å². The summed E-state index contributed by atoms with van der Waals surface area (Å²) in [6.07, 6.45) is 1.72. The van der Waals surface area contributed by atoms with Gasteiger partial charge in [-0.3, -0.25) is 5.32 Å². The number of para-hydroxylation sites is 1. The van der Waals surface area contributed by atoms with Gasteiger partial charge in [-0.15, -0.1) is 0 Å². The largest absolute Gasteiger partial charge is 0.456 e. The zero-order valence-electron chi connectivity index (χ0n) is 9.92. The summed E-state index contributed by atoms with van der Waals surface area (Å²) in [6, 6.07) is 13.4. The molecule has 0 saturated heterocycles. The van der Waals surface area contributed by atoms with E-state index in [1.54, 1.807) is 12.3 Å². The highest BCUT2D eigenvalue weighted by molar-refractivity contribution is 6.05. The minimum absolute atomic E-state index is 0.0537. The normalized spacial score (nSPS) is 11.6. The molecule has 19 heavy (non-hydrogen) atoms. The summed E-state index contributed by atoms with van der Waals surface area (Å²) in [6.45, 7) is 0. The number of nitrogens with zero attached hydrogens (tertiary/aromatic N) is 2. The Morgan fingerprint density at radius 1 is 1.16 bits per heavy atom. The number of hydrogen-bond donors (Lipinski definition) is 2. The molecule has 0 saturated carbocycles. The second kappa shape index (κ2) is 4.35. The summed E-state index contributed by atoms with van der Waals surface area (Å²) >= 11 is 0. The highest BCUT2D eigenvalue weighted by atomic mass is 16.3. The van der Waals surface area contributed by atoms with Crippen LogP contribution in [-0.2, 0) is 0 Å². The average molecular weight is 250 g/mol. The number of fused-ring (bicyclic) bond motifs is 3. The van der Waals surface area contributed by atoms with Gasteiger partial charge in [-0.1, -0.05) is 18.2 Å². The lowest BCUT2D eigenvalue weighted by atomic mass is 10.1. The Bertz CT molecular complexity index is 826. The van der Waals surface area contributed by atoms with Crippen LogP contribution in [0.2, 0.25) is 0 Å². The first-order chi connectivity index (χ1) is 9.28. The lowest BCUT2D eigenvalue weighted by Gasteiger charge is -1.96. The molecule has 3 N–H and O–H groups in total. The second-order valence-corrected chi connectivity index (χ2v) is 4.01. The SMILES string of the molecule is N#CNC(N)=Nc1ccc2c(c1)oc1ccccc12. The van der Waals surface area contributed by atoms with Gasteiger partial charge in [-0.2, -0.15) is 5.26 Å². The third kappa shape index (κ3) is 1.96. The van der Waals surface area contributed by atoms with Gasteiger partial charge in [0.05, 0.1) is 5.69 Å². The van der Waals surface area contributed by atoms with Gasteiger partial charge in [0.15, 0.2) is 6.19 Å². The van der Waals surface area contributed by atoms with E-state index in [2.05, 4.69) is 10.3 Å². The summed E-state index contributed by atoms with van der Waals surface area (Å²) in [4.78, 5) is 4.07.